The number of hydrogen-bond donors (Lipinski definition) is 0. The molecule has 2 aliphatic rings. The van der Waals surface area contributed by atoms with Crippen molar-refractivity contribution in [2.24, 2.45) is 0 Å². The molecule has 96 valence electrons. The Balaban J connectivity index is 1.89. The second-order valence-electron chi connectivity index (χ2n) is 6.41. The summed E-state index contributed by atoms with van der Waals surface area (Å²) in [6.07, 6.45) is 4.75. The molecule has 0 aliphatic carbocycles. The molecule has 1 atom stereocenters. The highest BCUT2D eigenvalue weighted by Gasteiger charge is 2.34. The Kier molecular flexibility index (Phi) is 3.75. The maximum Gasteiger partial charge on any atom is 0.0980 e. The Morgan fingerprint density at radius 2 is 1.71 bits per heavy atom. The van der Waals surface area contributed by atoms with Gasteiger partial charge < -0.3 is 0 Å². The van der Waals surface area contributed by atoms with Crippen molar-refractivity contribution in [1.29, 1.82) is 5.26 Å². The average Bonchev–Trinajstić information content (AvgIpc) is 2.76. The Morgan fingerprint density at radius 1 is 1.06 bits per heavy atom. The molecule has 0 amide bonds. The standard InChI is InChI=1S/C14H25N3/c1-14(2,3)16-9-6-12(7-10-16)17-8-4-5-13(17)11-15/h12-13H,4-10H2,1-3H3/t13-/m1/s1. The molecule has 3 nitrogen and oxygen atoms in total. The zero-order chi connectivity index (χ0) is 12.5. The van der Waals surface area contributed by atoms with Crippen LogP contribution in [-0.2, 0) is 0 Å². The zero-order valence-electron chi connectivity index (χ0n) is 11.4. The van der Waals surface area contributed by atoms with Crippen molar-refractivity contribution in [2.45, 2.75) is 64.1 Å². The molecule has 2 aliphatic heterocycles. The lowest BCUT2D eigenvalue weighted by molar-refractivity contribution is 0.0583. The van der Waals surface area contributed by atoms with Gasteiger partial charge in [-0.25, -0.2) is 0 Å². The minimum absolute atomic E-state index is 0.196. The SMILES string of the molecule is CC(C)(C)N1CCC(N2CCC[C@@H]2C#N)CC1. The van der Waals surface area contributed by atoms with Crippen LogP contribution in [0, 0.1) is 11.3 Å². The first-order chi connectivity index (χ1) is 8.02. The van der Waals surface area contributed by atoms with Crippen LogP contribution >= 0.6 is 0 Å². The molecule has 3 heteroatoms. The van der Waals surface area contributed by atoms with E-state index < -0.39 is 0 Å². The monoisotopic (exact) mass is 235 g/mol. The van der Waals surface area contributed by atoms with Crippen molar-refractivity contribution < 1.29 is 0 Å². The van der Waals surface area contributed by atoms with E-state index in [4.69, 9.17) is 5.26 Å². The number of rotatable bonds is 1. The fraction of sp³-hybridized carbons (Fsp3) is 0.929. The van der Waals surface area contributed by atoms with Gasteiger partial charge in [-0.15, -0.1) is 0 Å². The predicted molar refractivity (Wildman–Crippen MR) is 69.7 cm³/mol. The number of nitriles is 1. The van der Waals surface area contributed by atoms with Crippen LogP contribution in [0.5, 0.6) is 0 Å². The van der Waals surface area contributed by atoms with Gasteiger partial charge in [0.1, 0.15) is 0 Å². The summed E-state index contributed by atoms with van der Waals surface area (Å²) in [5.74, 6) is 0. The highest BCUT2D eigenvalue weighted by Crippen LogP contribution is 2.28. The number of likely N-dealkylation sites (tertiary alicyclic amines) is 2. The van der Waals surface area contributed by atoms with E-state index in [-0.39, 0.29) is 6.04 Å². The maximum absolute atomic E-state index is 9.15. The van der Waals surface area contributed by atoms with Gasteiger partial charge in [0.15, 0.2) is 0 Å². The van der Waals surface area contributed by atoms with Crippen LogP contribution in [-0.4, -0.2) is 47.1 Å². The first-order valence-corrected chi connectivity index (χ1v) is 6.93. The lowest BCUT2D eigenvalue weighted by atomic mass is 9.97. The molecule has 0 spiro atoms. The molecule has 0 bridgehead atoms. The first-order valence-electron chi connectivity index (χ1n) is 6.93. The van der Waals surface area contributed by atoms with Gasteiger partial charge >= 0.3 is 0 Å². The molecular formula is C14H25N3. The summed E-state index contributed by atoms with van der Waals surface area (Å²) in [6, 6.07) is 3.31. The first kappa shape index (κ1) is 12.9. The zero-order valence-corrected chi connectivity index (χ0v) is 11.4. The van der Waals surface area contributed by atoms with Crippen molar-refractivity contribution in [3.05, 3.63) is 0 Å². The van der Waals surface area contributed by atoms with E-state index in [1.54, 1.807) is 0 Å². The van der Waals surface area contributed by atoms with Gasteiger partial charge in [-0.1, -0.05) is 0 Å². The third-order valence-electron chi connectivity index (χ3n) is 4.33. The predicted octanol–water partition coefficient (Wildman–Crippen LogP) is 2.24. The smallest absolute Gasteiger partial charge is 0.0980 e. The summed E-state index contributed by atoms with van der Waals surface area (Å²) in [6.45, 7) is 10.4. The molecular weight excluding hydrogens is 210 g/mol. The van der Waals surface area contributed by atoms with Gasteiger partial charge in [0.25, 0.3) is 0 Å². The molecule has 0 saturated carbocycles. The molecule has 17 heavy (non-hydrogen) atoms. The number of nitrogens with zero attached hydrogens (tertiary/aromatic N) is 3. The molecule has 2 saturated heterocycles. The van der Waals surface area contributed by atoms with Crippen LogP contribution in [0.1, 0.15) is 46.5 Å². The Morgan fingerprint density at radius 3 is 2.24 bits per heavy atom. The van der Waals surface area contributed by atoms with E-state index in [9.17, 15) is 0 Å². The Hall–Kier alpha value is -0.590. The fourth-order valence-corrected chi connectivity index (χ4v) is 3.23. The van der Waals surface area contributed by atoms with Gasteiger partial charge in [0, 0.05) is 24.7 Å². The lowest BCUT2D eigenvalue weighted by Gasteiger charge is -2.43. The summed E-state index contributed by atoms with van der Waals surface area (Å²) in [5.41, 5.74) is 0.296. The van der Waals surface area contributed by atoms with Gasteiger partial charge in [-0.05, 0) is 53.0 Å². The quantitative estimate of drug-likeness (QED) is 0.698. The molecule has 0 unspecified atom stereocenters. The highest BCUT2D eigenvalue weighted by atomic mass is 15.2. The molecule has 0 aromatic rings. The van der Waals surface area contributed by atoms with E-state index in [2.05, 4.69) is 36.6 Å². The van der Waals surface area contributed by atoms with E-state index in [0.717, 1.165) is 13.0 Å². The van der Waals surface area contributed by atoms with Crippen molar-refractivity contribution >= 4 is 0 Å². The number of piperidine rings is 1. The molecule has 2 rings (SSSR count). The maximum atomic E-state index is 9.15. The van der Waals surface area contributed by atoms with Crippen LogP contribution in [0.3, 0.4) is 0 Å². The van der Waals surface area contributed by atoms with Crippen molar-refractivity contribution in [3.63, 3.8) is 0 Å². The normalized spacial score (nSPS) is 29.4. The van der Waals surface area contributed by atoms with Crippen molar-refractivity contribution in [1.82, 2.24) is 9.80 Å². The topological polar surface area (TPSA) is 30.3 Å². The minimum Gasteiger partial charge on any atom is -0.298 e. The Labute approximate surface area is 105 Å². The van der Waals surface area contributed by atoms with Crippen molar-refractivity contribution in [2.75, 3.05) is 19.6 Å². The highest BCUT2D eigenvalue weighted by molar-refractivity contribution is 4.99. The summed E-state index contributed by atoms with van der Waals surface area (Å²) in [5, 5.41) is 9.15. The fourth-order valence-electron chi connectivity index (χ4n) is 3.23. The average molecular weight is 235 g/mol. The largest absolute Gasteiger partial charge is 0.298 e. The molecule has 0 N–H and O–H groups in total. The second kappa shape index (κ2) is 4.96. The third-order valence-corrected chi connectivity index (χ3v) is 4.33. The number of hydrogen-bond acceptors (Lipinski definition) is 3. The summed E-state index contributed by atoms with van der Waals surface area (Å²) in [4.78, 5) is 5.03. The van der Waals surface area contributed by atoms with E-state index in [0.29, 0.717) is 11.6 Å². The summed E-state index contributed by atoms with van der Waals surface area (Å²) in [7, 11) is 0. The lowest BCUT2D eigenvalue weighted by Crippen LogP contribution is -2.51. The molecule has 0 aromatic heterocycles. The van der Waals surface area contributed by atoms with E-state index in [1.165, 1.54) is 32.4 Å². The van der Waals surface area contributed by atoms with Crippen LogP contribution < -0.4 is 0 Å². The van der Waals surface area contributed by atoms with Gasteiger partial charge in [0.2, 0.25) is 0 Å². The molecule has 0 aromatic carbocycles. The third kappa shape index (κ3) is 2.81. The van der Waals surface area contributed by atoms with E-state index in [1.807, 2.05) is 0 Å². The Bertz CT molecular complexity index is 292. The minimum atomic E-state index is 0.196. The van der Waals surface area contributed by atoms with Crippen LogP contribution in [0.2, 0.25) is 0 Å². The summed E-state index contributed by atoms with van der Waals surface area (Å²) >= 11 is 0. The molecule has 2 heterocycles. The van der Waals surface area contributed by atoms with Gasteiger partial charge in [0.05, 0.1) is 12.1 Å². The van der Waals surface area contributed by atoms with Gasteiger partial charge in [-0.3, -0.25) is 9.80 Å². The van der Waals surface area contributed by atoms with Gasteiger partial charge in [-0.2, -0.15) is 5.26 Å². The van der Waals surface area contributed by atoms with Crippen LogP contribution in [0.25, 0.3) is 0 Å². The molecule has 0 radical (unpaired) electrons. The van der Waals surface area contributed by atoms with E-state index >= 15 is 0 Å². The van der Waals surface area contributed by atoms with Crippen LogP contribution in [0.15, 0.2) is 0 Å². The van der Waals surface area contributed by atoms with Crippen molar-refractivity contribution in [3.8, 4) is 6.07 Å². The summed E-state index contributed by atoms with van der Waals surface area (Å²) < 4.78 is 0. The molecule has 2 fully saturated rings. The second-order valence-corrected chi connectivity index (χ2v) is 6.41. The van der Waals surface area contributed by atoms with Crippen LogP contribution in [0.4, 0.5) is 0 Å².